The van der Waals surface area contributed by atoms with Crippen LogP contribution in [0.2, 0.25) is 0 Å². The van der Waals surface area contributed by atoms with Crippen molar-refractivity contribution in [1.82, 2.24) is 4.90 Å². The molecule has 2 rings (SSSR count). The van der Waals surface area contributed by atoms with Gasteiger partial charge in [0.25, 0.3) is 0 Å². The number of hydrogen-bond donors (Lipinski definition) is 2. The molecule has 0 spiro atoms. The molecule has 0 unspecified atom stereocenters. The van der Waals surface area contributed by atoms with Crippen LogP contribution in [0.25, 0.3) is 0 Å². The SMILES string of the molecule is CCCC(CCC)C(=N)N1CCCc2sccc2C1=N. The Labute approximate surface area is 126 Å². The zero-order valence-corrected chi connectivity index (χ0v) is 13.4. The molecular formula is C16H25N3S. The van der Waals surface area contributed by atoms with Crippen molar-refractivity contribution < 1.29 is 0 Å². The van der Waals surface area contributed by atoms with Crippen LogP contribution in [0, 0.1) is 16.7 Å². The van der Waals surface area contributed by atoms with Gasteiger partial charge in [-0.15, -0.1) is 11.3 Å². The number of fused-ring (bicyclic) bond motifs is 1. The number of nitrogens with one attached hydrogen (secondary N) is 2. The van der Waals surface area contributed by atoms with E-state index in [9.17, 15) is 0 Å². The molecule has 1 aliphatic heterocycles. The zero-order chi connectivity index (χ0) is 14.5. The maximum atomic E-state index is 8.56. The molecule has 4 heteroatoms. The van der Waals surface area contributed by atoms with Crippen molar-refractivity contribution in [1.29, 1.82) is 10.8 Å². The van der Waals surface area contributed by atoms with Gasteiger partial charge in [0.15, 0.2) is 0 Å². The summed E-state index contributed by atoms with van der Waals surface area (Å²) in [5.41, 5.74) is 1.05. The van der Waals surface area contributed by atoms with E-state index >= 15 is 0 Å². The average Bonchev–Trinajstić information content (AvgIpc) is 2.85. The first kappa shape index (κ1) is 15.2. The Morgan fingerprint density at radius 1 is 1.35 bits per heavy atom. The molecule has 1 aromatic rings. The zero-order valence-electron chi connectivity index (χ0n) is 12.5. The summed E-state index contributed by atoms with van der Waals surface area (Å²) in [5.74, 6) is 1.52. The van der Waals surface area contributed by atoms with Crippen molar-refractivity contribution in [2.24, 2.45) is 5.92 Å². The lowest BCUT2D eigenvalue weighted by Gasteiger charge is -2.29. The van der Waals surface area contributed by atoms with Gasteiger partial charge in [0, 0.05) is 22.9 Å². The largest absolute Gasteiger partial charge is 0.315 e. The van der Waals surface area contributed by atoms with Gasteiger partial charge in [0.2, 0.25) is 0 Å². The Morgan fingerprint density at radius 2 is 2.05 bits per heavy atom. The predicted molar refractivity (Wildman–Crippen MR) is 87.2 cm³/mol. The van der Waals surface area contributed by atoms with Crippen LogP contribution in [-0.2, 0) is 6.42 Å². The van der Waals surface area contributed by atoms with Crippen molar-refractivity contribution in [3.8, 4) is 0 Å². The highest BCUT2D eigenvalue weighted by Gasteiger charge is 2.26. The second kappa shape index (κ2) is 7.02. The molecule has 20 heavy (non-hydrogen) atoms. The Balaban J connectivity index is 2.18. The normalized spacial score (nSPS) is 15.3. The van der Waals surface area contributed by atoms with Crippen LogP contribution in [0.15, 0.2) is 11.4 Å². The molecule has 0 atom stereocenters. The highest BCUT2D eigenvalue weighted by atomic mass is 32.1. The van der Waals surface area contributed by atoms with Gasteiger partial charge in [0.1, 0.15) is 11.7 Å². The summed E-state index contributed by atoms with van der Waals surface area (Å²) < 4.78 is 0. The van der Waals surface area contributed by atoms with Crippen LogP contribution in [0.3, 0.4) is 0 Å². The number of aryl methyl sites for hydroxylation is 1. The van der Waals surface area contributed by atoms with Crippen molar-refractivity contribution in [3.05, 3.63) is 21.9 Å². The molecule has 0 aliphatic carbocycles. The van der Waals surface area contributed by atoms with E-state index in [4.69, 9.17) is 10.8 Å². The smallest absolute Gasteiger partial charge is 0.134 e. The fourth-order valence-corrected chi connectivity index (χ4v) is 3.90. The van der Waals surface area contributed by atoms with E-state index < -0.39 is 0 Å². The van der Waals surface area contributed by atoms with E-state index in [1.54, 1.807) is 11.3 Å². The molecule has 2 heterocycles. The van der Waals surface area contributed by atoms with Gasteiger partial charge in [-0.25, -0.2) is 0 Å². The lowest BCUT2D eigenvalue weighted by atomic mass is 9.96. The maximum Gasteiger partial charge on any atom is 0.134 e. The molecule has 1 aliphatic rings. The summed E-state index contributed by atoms with van der Waals surface area (Å²) in [4.78, 5) is 3.27. The Kier molecular flexibility index (Phi) is 5.35. The third-order valence-electron chi connectivity index (χ3n) is 4.01. The van der Waals surface area contributed by atoms with Crippen molar-refractivity contribution in [2.75, 3.05) is 6.54 Å². The van der Waals surface area contributed by atoms with Gasteiger partial charge in [-0.3, -0.25) is 10.8 Å². The van der Waals surface area contributed by atoms with Crippen molar-refractivity contribution in [3.63, 3.8) is 0 Å². The standard InChI is InChI=1S/C16H25N3S/c1-3-6-12(7-4-2)15(17)19-10-5-8-14-13(16(19)18)9-11-20-14/h9,11-12,17-18H,3-8,10H2,1-2H3. The number of thiophene rings is 1. The van der Waals surface area contributed by atoms with Gasteiger partial charge >= 0.3 is 0 Å². The van der Waals surface area contributed by atoms with E-state index in [0.29, 0.717) is 17.6 Å². The highest BCUT2D eigenvalue weighted by molar-refractivity contribution is 7.10. The van der Waals surface area contributed by atoms with E-state index in [-0.39, 0.29) is 0 Å². The summed E-state index contributed by atoms with van der Waals surface area (Å²) in [6.45, 7) is 5.18. The van der Waals surface area contributed by atoms with Crippen LogP contribution in [0.4, 0.5) is 0 Å². The molecule has 0 amide bonds. The first-order valence-electron chi connectivity index (χ1n) is 7.70. The fourth-order valence-electron chi connectivity index (χ4n) is 2.98. The summed E-state index contributed by atoms with van der Waals surface area (Å²) >= 11 is 1.75. The van der Waals surface area contributed by atoms with Gasteiger partial charge < -0.3 is 4.90 Å². The number of amidine groups is 2. The Morgan fingerprint density at radius 3 is 2.70 bits per heavy atom. The van der Waals surface area contributed by atoms with E-state index in [0.717, 1.165) is 50.6 Å². The van der Waals surface area contributed by atoms with E-state index in [1.807, 2.05) is 11.0 Å². The summed E-state index contributed by atoms with van der Waals surface area (Å²) in [6.07, 6.45) is 6.43. The molecule has 0 radical (unpaired) electrons. The monoisotopic (exact) mass is 291 g/mol. The minimum Gasteiger partial charge on any atom is -0.315 e. The minimum absolute atomic E-state index is 0.311. The third kappa shape index (κ3) is 3.11. The highest BCUT2D eigenvalue weighted by Crippen LogP contribution is 2.26. The van der Waals surface area contributed by atoms with Crippen LogP contribution >= 0.6 is 11.3 Å². The molecule has 3 nitrogen and oxygen atoms in total. The molecule has 0 bridgehead atoms. The Hall–Kier alpha value is -1.16. The lowest BCUT2D eigenvalue weighted by Crippen LogP contribution is -2.40. The van der Waals surface area contributed by atoms with Crippen LogP contribution in [0.1, 0.15) is 56.4 Å². The van der Waals surface area contributed by atoms with Gasteiger partial charge in [0.05, 0.1) is 0 Å². The first-order valence-corrected chi connectivity index (χ1v) is 8.58. The van der Waals surface area contributed by atoms with Gasteiger partial charge in [-0.1, -0.05) is 26.7 Å². The second-order valence-corrected chi connectivity index (χ2v) is 6.52. The molecule has 0 saturated carbocycles. The quantitative estimate of drug-likeness (QED) is 0.608. The molecule has 110 valence electrons. The number of rotatable bonds is 5. The Bertz CT molecular complexity index is 472. The van der Waals surface area contributed by atoms with Gasteiger partial charge in [-0.2, -0.15) is 0 Å². The first-order chi connectivity index (χ1) is 9.69. The number of hydrogen-bond acceptors (Lipinski definition) is 3. The maximum absolute atomic E-state index is 8.56. The van der Waals surface area contributed by atoms with Crippen LogP contribution in [-0.4, -0.2) is 23.1 Å². The molecule has 0 aromatic carbocycles. The lowest BCUT2D eigenvalue weighted by molar-refractivity contribution is 0.479. The third-order valence-corrected chi connectivity index (χ3v) is 4.99. The van der Waals surface area contributed by atoms with Crippen molar-refractivity contribution in [2.45, 2.75) is 52.4 Å². The molecule has 0 saturated heterocycles. The average molecular weight is 291 g/mol. The second-order valence-electron chi connectivity index (χ2n) is 5.52. The summed E-state index contributed by atoms with van der Waals surface area (Å²) in [6, 6.07) is 2.04. The molecular weight excluding hydrogens is 266 g/mol. The van der Waals surface area contributed by atoms with Crippen molar-refractivity contribution >= 4 is 23.0 Å². The number of nitrogens with zero attached hydrogens (tertiary/aromatic N) is 1. The molecule has 0 fully saturated rings. The van der Waals surface area contributed by atoms with Crippen LogP contribution < -0.4 is 0 Å². The molecule has 2 N–H and O–H groups in total. The summed E-state index contributed by atoms with van der Waals surface area (Å²) in [5, 5.41) is 19.1. The topological polar surface area (TPSA) is 50.9 Å². The van der Waals surface area contributed by atoms with Crippen LogP contribution in [0.5, 0.6) is 0 Å². The van der Waals surface area contributed by atoms with E-state index in [1.165, 1.54) is 4.88 Å². The molecule has 1 aromatic heterocycles. The summed E-state index contributed by atoms with van der Waals surface area (Å²) in [7, 11) is 0. The minimum atomic E-state index is 0.311. The van der Waals surface area contributed by atoms with Gasteiger partial charge in [-0.05, 0) is 37.1 Å². The fraction of sp³-hybridized carbons (Fsp3) is 0.625. The van der Waals surface area contributed by atoms with E-state index in [2.05, 4.69) is 19.2 Å². The predicted octanol–water partition coefficient (Wildman–Crippen LogP) is 4.52.